The lowest BCUT2D eigenvalue weighted by molar-refractivity contribution is -0.256. The molecular weight excluding hydrogens is 406 g/mol. The molecule has 2 heterocycles. The highest BCUT2D eigenvalue weighted by Gasteiger charge is 2.54. The molecule has 1 saturated heterocycles. The molecule has 1 fully saturated rings. The number of benzene rings is 2. The number of carbonyl (C=O) groups excluding carboxylic acids is 1. The third-order valence-corrected chi connectivity index (χ3v) is 5.59. The Labute approximate surface area is 181 Å². The Morgan fingerprint density at radius 2 is 1.93 bits per heavy atom. The Morgan fingerprint density at radius 1 is 1.13 bits per heavy atom. The molecule has 2 aromatic carbocycles. The van der Waals surface area contributed by atoms with Crippen LogP contribution in [0.1, 0.15) is 37.3 Å². The summed E-state index contributed by atoms with van der Waals surface area (Å²) in [5.41, 5.74) is 2.32. The van der Waals surface area contributed by atoms with Gasteiger partial charge < -0.3 is 23.8 Å². The van der Waals surface area contributed by atoms with Crippen LogP contribution in [0.3, 0.4) is 0 Å². The van der Waals surface area contributed by atoms with Crippen LogP contribution in [0.15, 0.2) is 36.4 Å². The van der Waals surface area contributed by atoms with E-state index < -0.39 is 5.79 Å². The minimum Gasteiger partial charge on any atom is -0.493 e. The van der Waals surface area contributed by atoms with Crippen molar-refractivity contribution in [2.45, 2.75) is 38.5 Å². The number of ether oxygens (including phenoxy) is 4. The summed E-state index contributed by atoms with van der Waals surface area (Å²) in [6.45, 7) is 4.04. The van der Waals surface area contributed by atoms with Gasteiger partial charge in [-0.15, -0.1) is 0 Å². The molecule has 2 aromatic rings. The third kappa shape index (κ3) is 3.75. The predicted molar refractivity (Wildman–Crippen MR) is 114 cm³/mol. The molecule has 0 radical (unpaired) electrons. The zero-order valence-electron chi connectivity index (χ0n) is 17.3. The molecule has 0 aromatic heterocycles. The highest BCUT2D eigenvalue weighted by atomic mass is 35.5. The van der Waals surface area contributed by atoms with Crippen molar-refractivity contribution in [2.75, 3.05) is 31.8 Å². The van der Waals surface area contributed by atoms with Crippen LogP contribution in [0.25, 0.3) is 0 Å². The maximum atomic E-state index is 13.4. The molecule has 30 heavy (non-hydrogen) atoms. The molecule has 4 rings (SSSR count). The van der Waals surface area contributed by atoms with Crippen LogP contribution in [-0.4, -0.2) is 32.8 Å². The zero-order valence-corrected chi connectivity index (χ0v) is 18.0. The molecule has 160 valence electrons. The largest absolute Gasteiger partial charge is 0.493 e. The van der Waals surface area contributed by atoms with Gasteiger partial charge >= 0.3 is 0 Å². The lowest BCUT2D eigenvalue weighted by Crippen LogP contribution is -2.47. The van der Waals surface area contributed by atoms with Gasteiger partial charge in [-0.3, -0.25) is 4.79 Å². The van der Waals surface area contributed by atoms with Gasteiger partial charge in [0.1, 0.15) is 0 Å². The third-order valence-electron chi connectivity index (χ3n) is 5.35. The number of methoxy groups -OCH3 is 1. The Bertz CT molecular complexity index is 926. The first kappa shape index (κ1) is 21.0. The van der Waals surface area contributed by atoms with Crippen molar-refractivity contribution >= 4 is 23.2 Å². The SMILES string of the molecule is CCCCOc1ccc(CN2C(=O)C3(OCCCO3)c3cc(Cl)ccc32)cc1OC. The van der Waals surface area contributed by atoms with Gasteiger partial charge in [0, 0.05) is 10.6 Å². The van der Waals surface area contributed by atoms with Crippen LogP contribution in [-0.2, 0) is 26.6 Å². The van der Waals surface area contributed by atoms with Crippen LogP contribution in [0.2, 0.25) is 5.02 Å². The summed E-state index contributed by atoms with van der Waals surface area (Å²) in [7, 11) is 1.61. The van der Waals surface area contributed by atoms with Gasteiger partial charge in [0.05, 0.1) is 39.2 Å². The van der Waals surface area contributed by atoms with E-state index in [-0.39, 0.29) is 5.91 Å². The molecule has 7 heteroatoms. The normalized spacial score (nSPS) is 17.3. The van der Waals surface area contributed by atoms with Crippen molar-refractivity contribution in [3.05, 3.63) is 52.5 Å². The number of hydrogen-bond acceptors (Lipinski definition) is 5. The minimum absolute atomic E-state index is 0.235. The molecule has 0 unspecified atom stereocenters. The molecule has 2 aliphatic rings. The number of rotatable bonds is 7. The highest BCUT2D eigenvalue weighted by molar-refractivity contribution is 6.31. The number of nitrogens with zero attached hydrogens (tertiary/aromatic N) is 1. The van der Waals surface area contributed by atoms with Gasteiger partial charge in [-0.1, -0.05) is 31.0 Å². The highest BCUT2D eigenvalue weighted by Crippen LogP contribution is 2.47. The van der Waals surface area contributed by atoms with Crippen molar-refractivity contribution in [2.24, 2.45) is 0 Å². The van der Waals surface area contributed by atoms with Gasteiger partial charge in [0.15, 0.2) is 11.5 Å². The number of hydrogen-bond donors (Lipinski definition) is 0. The number of unbranched alkanes of at least 4 members (excludes halogenated alkanes) is 1. The summed E-state index contributed by atoms with van der Waals surface area (Å²) in [4.78, 5) is 15.1. The standard InChI is InChI=1S/C23H26ClNO5/c1-3-4-10-28-20-9-6-16(13-21(20)27-2)15-25-19-8-7-17(24)14-18(19)23(22(25)26)29-11-5-12-30-23/h6-9,13-14H,3-5,10-12,15H2,1-2H3. The Balaban J connectivity index is 1.63. The molecule has 6 nitrogen and oxygen atoms in total. The fourth-order valence-electron chi connectivity index (χ4n) is 3.82. The summed E-state index contributed by atoms with van der Waals surface area (Å²) in [5.74, 6) is -0.301. The van der Waals surface area contributed by atoms with Gasteiger partial charge in [0.25, 0.3) is 11.7 Å². The maximum Gasteiger partial charge on any atom is 0.292 e. The molecule has 2 aliphatic heterocycles. The lowest BCUT2D eigenvalue weighted by Gasteiger charge is -2.32. The lowest BCUT2D eigenvalue weighted by atomic mass is 10.1. The van der Waals surface area contributed by atoms with E-state index in [2.05, 4.69) is 6.92 Å². The average Bonchev–Trinajstić information content (AvgIpc) is 2.97. The van der Waals surface area contributed by atoms with E-state index in [1.54, 1.807) is 24.1 Å². The topological polar surface area (TPSA) is 57.2 Å². The first-order valence-electron chi connectivity index (χ1n) is 10.3. The summed E-state index contributed by atoms with van der Waals surface area (Å²) in [5, 5.41) is 0.538. The van der Waals surface area contributed by atoms with Crippen LogP contribution in [0.5, 0.6) is 11.5 Å². The van der Waals surface area contributed by atoms with Crippen LogP contribution in [0, 0.1) is 0 Å². The summed E-state index contributed by atoms with van der Waals surface area (Å²) in [6.07, 6.45) is 2.79. The van der Waals surface area contributed by atoms with Crippen molar-refractivity contribution in [1.82, 2.24) is 0 Å². The number of halogens is 1. The second kappa shape index (κ2) is 8.84. The molecule has 1 spiro atoms. The van der Waals surface area contributed by atoms with Gasteiger partial charge in [-0.2, -0.15) is 0 Å². The predicted octanol–water partition coefficient (Wildman–Crippen LogP) is 4.66. The first-order chi connectivity index (χ1) is 14.6. The fourth-order valence-corrected chi connectivity index (χ4v) is 3.99. The van der Waals surface area contributed by atoms with Crippen LogP contribution < -0.4 is 14.4 Å². The molecular formula is C23H26ClNO5. The monoisotopic (exact) mass is 431 g/mol. The Hall–Kier alpha value is -2.28. The molecule has 0 bridgehead atoms. The second-order valence-corrected chi connectivity index (χ2v) is 7.84. The first-order valence-corrected chi connectivity index (χ1v) is 10.7. The van der Waals surface area contributed by atoms with Gasteiger partial charge in [-0.05, 0) is 48.7 Å². The van der Waals surface area contributed by atoms with Crippen molar-refractivity contribution < 1.29 is 23.7 Å². The summed E-state index contributed by atoms with van der Waals surface area (Å²) in [6, 6.07) is 11.1. The molecule has 0 aliphatic carbocycles. The quantitative estimate of drug-likeness (QED) is 0.596. The van der Waals surface area contributed by atoms with Gasteiger partial charge in [0.2, 0.25) is 0 Å². The van der Waals surface area contributed by atoms with E-state index in [9.17, 15) is 4.79 Å². The van der Waals surface area contributed by atoms with Crippen molar-refractivity contribution in [3.8, 4) is 11.5 Å². The van der Waals surface area contributed by atoms with Crippen LogP contribution >= 0.6 is 11.6 Å². The fraction of sp³-hybridized carbons (Fsp3) is 0.435. The zero-order chi connectivity index (χ0) is 21.1. The minimum atomic E-state index is -1.41. The van der Waals surface area contributed by atoms with E-state index in [1.807, 2.05) is 24.3 Å². The van der Waals surface area contributed by atoms with E-state index in [0.717, 1.165) is 30.5 Å². The Kier molecular flexibility index (Phi) is 6.18. The molecule has 0 atom stereocenters. The number of carbonyl (C=O) groups is 1. The number of anilines is 1. The van der Waals surface area contributed by atoms with Crippen molar-refractivity contribution in [1.29, 1.82) is 0 Å². The van der Waals surface area contributed by atoms with Gasteiger partial charge in [-0.25, -0.2) is 0 Å². The number of fused-ring (bicyclic) bond motifs is 2. The maximum absolute atomic E-state index is 13.4. The van der Waals surface area contributed by atoms with Crippen LogP contribution in [0.4, 0.5) is 5.69 Å². The smallest absolute Gasteiger partial charge is 0.292 e. The van der Waals surface area contributed by atoms with E-state index in [1.165, 1.54) is 0 Å². The molecule has 0 saturated carbocycles. The summed E-state index contributed by atoms with van der Waals surface area (Å²) < 4.78 is 23.1. The summed E-state index contributed by atoms with van der Waals surface area (Å²) >= 11 is 6.22. The second-order valence-electron chi connectivity index (χ2n) is 7.41. The van der Waals surface area contributed by atoms with E-state index in [0.29, 0.717) is 48.5 Å². The van der Waals surface area contributed by atoms with E-state index in [4.69, 9.17) is 30.5 Å². The average molecular weight is 432 g/mol. The molecule has 1 amide bonds. The molecule has 0 N–H and O–H groups in total. The van der Waals surface area contributed by atoms with E-state index >= 15 is 0 Å². The number of amides is 1. The Morgan fingerprint density at radius 3 is 2.67 bits per heavy atom. The van der Waals surface area contributed by atoms with Crippen molar-refractivity contribution in [3.63, 3.8) is 0 Å².